The number of aromatic nitrogens is 1. The first-order valence-electron chi connectivity index (χ1n) is 5.69. The van der Waals surface area contributed by atoms with E-state index in [1.54, 1.807) is 6.08 Å². The van der Waals surface area contributed by atoms with Crippen molar-refractivity contribution in [2.24, 2.45) is 0 Å². The number of carbonyl (C=O) groups is 1. The van der Waals surface area contributed by atoms with Crippen molar-refractivity contribution in [1.82, 2.24) is 9.88 Å². The van der Waals surface area contributed by atoms with Gasteiger partial charge in [0.1, 0.15) is 0 Å². The first kappa shape index (κ1) is 12.0. The summed E-state index contributed by atoms with van der Waals surface area (Å²) in [5.74, 6) is 0. The zero-order valence-electron chi connectivity index (χ0n) is 9.97. The highest BCUT2D eigenvalue weighted by Crippen LogP contribution is 2.14. The molecule has 92 valence electrons. The molecule has 4 nitrogen and oxygen atoms in total. The maximum absolute atomic E-state index is 11.5. The molecule has 4 heteroatoms. The summed E-state index contributed by atoms with van der Waals surface area (Å²) >= 11 is 0. The van der Waals surface area contributed by atoms with E-state index in [0.29, 0.717) is 6.54 Å². The molecule has 2 rings (SSSR count). The Morgan fingerprint density at radius 2 is 2.06 bits per heavy atom. The Morgan fingerprint density at radius 1 is 1.28 bits per heavy atom. The van der Waals surface area contributed by atoms with Gasteiger partial charge in [-0.3, -0.25) is 0 Å². The molecule has 0 aliphatic rings. The summed E-state index contributed by atoms with van der Waals surface area (Å²) in [6.45, 7) is 3.99. The Kier molecular flexibility index (Phi) is 3.81. The standard InChI is InChI=1S/C14H15N3O/c1-2-8-15-14(18)16-12-6-5-7-13(11-12)17-9-3-4-10-17/h2-7,9-11H,1,8H2,(H2,15,16,18). The van der Waals surface area contributed by atoms with E-state index in [0.717, 1.165) is 11.4 Å². The van der Waals surface area contributed by atoms with Crippen LogP contribution in [-0.2, 0) is 0 Å². The fourth-order valence-electron chi connectivity index (χ4n) is 1.59. The van der Waals surface area contributed by atoms with Crippen molar-refractivity contribution >= 4 is 11.7 Å². The van der Waals surface area contributed by atoms with Gasteiger partial charge in [0.25, 0.3) is 0 Å². The minimum Gasteiger partial charge on any atom is -0.334 e. The number of anilines is 1. The molecule has 1 heterocycles. The third-order valence-corrected chi connectivity index (χ3v) is 2.41. The number of carbonyl (C=O) groups excluding carboxylic acids is 1. The molecular weight excluding hydrogens is 226 g/mol. The normalized spacial score (nSPS) is 9.78. The van der Waals surface area contributed by atoms with Gasteiger partial charge in [0.15, 0.2) is 0 Å². The third kappa shape index (κ3) is 3.01. The average Bonchev–Trinajstić information content (AvgIpc) is 2.90. The first-order chi connectivity index (χ1) is 8.79. The van der Waals surface area contributed by atoms with Crippen molar-refractivity contribution in [3.8, 4) is 5.69 Å². The van der Waals surface area contributed by atoms with E-state index in [4.69, 9.17) is 0 Å². The van der Waals surface area contributed by atoms with E-state index >= 15 is 0 Å². The fraction of sp³-hybridized carbons (Fsp3) is 0.0714. The van der Waals surface area contributed by atoms with Crippen LogP contribution in [0.25, 0.3) is 5.69 Å². The number of urea groups is 1. The lowest BCUT2D eigenvalue weighted by molar-refractivity contribution is 0.253. The zero-order chi connectivity index (χ0) is 12.8. The number of nitrogens with zero attached hydrogens (tertiary/aromatic N) is 1. The second kappa shape index (κ2) is 5.72. The Morgan fingerprint density at radius 3 is 2.78 bits per heavy atom. The molecule has 0 aliphatic carbocycles. The summed E-state index contributed by atoms with van der Waals surface area (Å²) in [5, 5.41) is 5.43. The van der Waals surface area contributed by atoms with Gasteiger partial charge in [-0.1, -0.05) is 12.1 Å². The molecule has 2 amide bonds. The highest BCUT2D eigenvalue weighted by Gasteiger charge is 2.01. The van der Waals surface area contributed by atoms with Crippen LogP contribution < -0.4 is 10.6 Å². The number of rotatable bonds is 4. The van der Waals surface area contributed by atoms with Crippen LogP contribution in [0.1, 0.15) is 0 Å². The monoisotopic (exact) mass is 241 g/mol. The predicted octanol–water partition coefficient (Wildman–Crippen LogP) is 2.78. The van der Waals surface area contributed by atoms with Crippen molar-refractivity contribution in [2.45, 2.75) is 0 Å². The van der Waals surface area contributed by atoms with Crippen LogP contribution in [-0.4, -0.2) is 17.1 Å². The molecular formula is C14H15N3O. The number of amides is 2. The highest BCUT2D eigenvalue weighted by molar-refractivity contribution is 5.89. The van der Waals surface area contributed by atoms with Crippen LogP contribution in [0.3, 0.4) is 0 Å². The lowest BCUT2D eigenvalue weighted by Crippen LogP contribution is -2.28. The van der Waals surface area contributed by atoms with Gasteiger partial charge in [-0.2, -0.15) is 0 Å². The molecule has 0 unspecified atom stereocenters. The van der Waals surface area contributed by atoms with Gasteiger partial charge in [0, 0.05) is 30.3 Å². The number of hydrogen-bond donors (Lipinski definition) is 2. The number of nitrogens with one attached hydrogen (secondary N) is 2. The van der Waals surface area contributed by atoms with Crippen LogP contribution in [0.5, 0.6) is 0 Å². The maximum Gasteiger partial charge on any atom is 0.319 e. The summed E-state index contributed by atoms with van der Waals surface area (Å²) in [7, 11) is 0. The first-order valence-corrected chi connectivity index (χ1v) is 5.69. The molecule has 0 saturated heterocycles. The number of hydrogen-bond acceptors (Lipinski definition) is 1. The van der Waals surface area contributed by atoms with Crippen molar-refractivity contribution in [3.05, 3.63) is 61.4 Å². The van der Waals surface area contributed by atoms with Crippen LogP contribution in [0.2, 0.25) is 0 Å². The van der Waals surface area contributed by atoms with Crippen molar-refractivity contribution in [2.75, 3.05) is 11.9 Å². The Hall–Kier alpha value is -2.49. The van der Waals surface area contributed by atoms with Gasteiger partial charge in [0.2, 0.25) is 0 Å². The summed E-state index contributed by atoms with van der Waals surface area (Å²) in [5.41, 5.74) is 1.75. The summed E-state index contributed by atoms with van der Waals surface area (Å²) in [6, 6.07) is 11.3. The Labute approximate surface area is 106 Å². The summed E-state index contributed by atoms with van der Waals surface area (Å²) in [6.07, 6.45) is 5.55. The largest absolute Gasteiger partial charge is 0.334 e. The van der Waals surface area contributed by atoms with E-state index in [-0.39, 0.29) is 6.03 Å². The van der Waals surface area contributed by atoms with E-state index in [1.807, 2.05) is 53.4 Å². The van der Waals surface area contributed by atoms with Crippen LogP contribution in [0.4, 0.5) is 10.5 Å². The number of benzene rings is 1. The molecule has 1 aromatic carbocycles. The summed E-state index contributed by atoms with van der Waals surface area (Å²) < 4.78 is 1.98. The van der Waals surface area contributed by atoms with Crippen LogP contribution in [0, 0.1) is 0 Å². The van der Waals surface area contributed by atoms with Gasteiger partial charge >= 0.3 is 6.03 Å². The second-order valence-electron chi connectivity index (χ2n) is 3.76. The van der Waals surface area contributed by atoms with Crippen molar-refractivity contribution < 1.29 is 4.79 Å². The zero-order valence-corrected chi connectivity index (χ0v) is 9.97. The molecule has 0 atom stereocenters. The Balaban J connectivity index is 2.08. The van der Waals surface area contributed by atoms with Crippen LogP contribution >= 0.6 is 0 Å². The fourth-order valence-corrected chi connectivity index (χ4v) is 1.59. The molecule has 2 N–H and O–H groups in total. The molecule has 0 aliphatic heterocycles. The molecule has 0 saturated carbocycles. The van der Waals surface area contributed by atoms with Gasteiger partial charge in [-0.05, 0) is 30.3 Å². The minimum atomic E-state index is -0.237. The second-order valence-corrected chi connectivity index (χ2v) is 3.76. The van der Waals surface area contributed by atoms with E-state index in [9.17, 15) is 4.79 Å². The van der Waals surface area contributed by atoms with E-state index < -0.39 is 0 Å². The Bertz CT molecular complexity index is 532. The van der Waals surface area contributed by atoms with Crippen LogP contribution in [0.15, 0.2) is 61.4 Å². The van der Waals surface area contributed by atoms with Gasteiger partial charge < -0.3 is 15.2 Å². The molecule has 2 aromatic rings. The third-order valence-electron chi connectivity index (χ3n) is 2.41. The molecule has 0 spiro atoms. The van der Waals surface area contributed by atoms with E-state index in [1.165, 1.54) is 0 Å². The molecule has 0 radical (unpaired) electrons. The SMILES string of the molecule is C=CCNC(=O)Nc1cccc(-n2cccc2)c1. The lowest BCUT2D eigenvalue weighted by atomic mass is 10.3. The quantitative estimate of drug-likeness (QED) is 0.794. The van der Waals surface area contributed by atoms with Crippen molar-refractivity contribution in [3.63, 3.8) is 0 Å². The van der Waals surface area contributed by atoms with E-state index in [2.05, 4.69) is 17.2 Å². The van der Waals surface area contributed by atoms with Gasteiger partial charge in [0.05, 0.1) is 0 Å². The molecule has 0 bridgehead atoms. The highest BCUT2D eigenvalue weighted by atomic mass is 16.2. The van der Waals surface area contributed by atoms with Crippen molar-refractivity contribution in [1.29, 1.82) is 0 Å². The van der Waals surface area contributed by atoms with Gasteiger partial charge in [-0.25, -0.2) is 4.79 Å². The molecule has 18 heavy (non-hydrogen) atoms. The topological polar surface area (TPSA) is 46.1 Å². The summed E-state index contributed by atoms with van der Waals surface area (Å²) in [4.78, 5) is 11.5. The predicted molar refractivity (Wildman–Crippen MR) is 73.0 cm³/mol. The maximum atomic E-state index is 11.5. The molecule has 0 fully saturated rings. The minimum absolute atomic E-state index is 0.237. The lowest BCUT2D eigenvalue weighted by Gasteiger charge is -2.08. The smallest absolute Gasteiger partial charge is 0.319 e. The average molecular weight is 241 g/mol. The molecule has 1 aromatic heterocycles. The van der Waals surface area contributed by atoms with Gasteiger partial charge in [-0.15, -0.1) is 6.58 Å².